The second-order valence-electron chi connectivity index (χ2n) is 10.4. The summed E-state index contributed by atoms with van der Waals surface area (Å²) < 4.78 is 33.5. The maximum atomic E-state index is 14.1. The van der Waals surface area contributed by atoms with Crippen LogP contribution in [0.15, 0.2) is 48.7 Å². The molecule has 0 saturated carbocycles. The lowest BCUT2D eigenvalue weighted by atomic mass is 10.1. The second-order valence-corrected chi connectivity index (χ2v) is 10.4. The van der Waals surface area contributed by atoms with Gasteiger partial charge in [-0.15, -0.1) is 0 Å². The van der Waals surface area contributed by atoms with E-state index in [0.717, 1.165) is 61.9 Å². The van der Waals surface area contributed by atoms with Crippen molar-refractivity contribution in [3.63, 3.8) is 0 Å². The maximum Gasteiger partial charge on any atom is 0.335 e. The molecule has 2 aromatic heterocycles. The van der Waals surface area contributed by atoms with Crippen LogP contribution in [0.1, 0.15) is 46.8 Å². The van der Waals surface area contributed by atoms with E-state index in [1.165, 1.54) is 12.1 Å². The normalized spacial score (nSPS) is 17.5. The lowest BCUT2D eigenvalue weighted by Crippen LogP contribution is -2.39. The quantitative estimate of drug-likeness (QED) is 0.298. The standard InChI is InChI=1S/C30H29FN6O5/c31-23-13-19(15-32)1-4-26(23)41-18-27-33-9-5-29(35-27)42-21-6-10-36(11-7-21)17-28-34-24-3-2-20(30(38)39)14-25(24)37(28)16-22-8-12-40-22/h1-5,9,13-14,21-22H,6-8,10-12,16-18H2,(H,38,39). The molecule has 0 spiro atoms. The Bertz CT molecular complexity index is 1640. The summed E-state index contributed by atoms with van der Waals surface area (Å²) in [7, 11) is 0. The van der Waals surface area contributed by atoms with Crippen molar-refractivity contribution >= 4 is 17.0 Å². The molecule has 12 heteroatoms. The number of ether oxygens (including phenoxy) is 3. The van der Waals surface area contributed by atoms with Crippen LogP contribution in [-0.4, -0.2) is 67.4 Å². The van der Waals surface area contributed by atoms with Gasteiger partial charge < -0.3 is 23.9 Å². The number of fused-ring (bicyclic) bond motifs is 1. The largest absolute Gasteiger partial charge is 0.483 e. The van der Waals surface area contributed by atoms with Crippen molar-refractivity contribution in [1.29, 1.82) is 5.26 Å². The van der Waals surface area contributed by atoms with Crippen molar-refractivity contribution in [3.05, 3.63) is 77.3 Å². The highest BCUT2D eigenvalue weighted by Gasteiger charge is 2.26. The number of carboxylic acids is 1. The van der Waals surface area contributed by atoms with E-state index in [4.69, 9.17) is 24.5 Å². The zero-order chi connectivity index (χ0) is 29.1. The van der Waals surface area contributed by atoms with E-state index in [-0.39, 0.29) is 35.7 Å². The van der Waals surface area contributed by atoms with Crippen LogP contribution in [0.25, 0.3) is 11.0 Å². The fourth-order valence-electron chi connectivity index (χ4n) is 5.16. The molecule has 2 fully saturated rings. The van der Waals surface area contributed by atoms with Crippen molar-refractivity contribution in [2.75, 3.05) is 19.7 Å². The van der Waals surface area contributed by atoms with E-state index >= 15 is 0 Å². The van der Waals surface area contributed by atoms with Crippen LogP contribution in [-0.2, 0) is 24.4 Å². The summed E-state index contributed by atoms with van der Waals surface area (Å²) in [6, 6.07) is 12.6. The highest BCUT2D eigenvalue weighted by atomic mass is 19.1. The summed E-state index contributed by atoms with van der Waals surface area (Å²) in [6.45, 7) is 3.58. The van der Waals surface area contributed by atoms with E-state index in [9.17, 15) is 14.3 Å². The number of hydrogen-bond donors (Lipinski definition) is 1. The van der Waals surface area contributed by atoms with Gasteiger partial charge in [-0.05, 0) is 55.7 Å². The van der Waals surface area contributed by atoms with Gasteiger partial charge in [-0.2, -0.15) is 10.2 Å². The molecule has 1 unspecified atom stereocenters. The van der Waals surface area contributed by atoms with Gasteiger partial charge >= 0.3 is 5.97 Å². The number of carbonyl (C=O) groups is 1. The predicted octanol–water partition coefficient (Wildman–Crippen LogP) is 3.95. The molecule has 11 nitrogen and oxygen atoms in total. The minimum absolute atomic E-state index is 0.0207. The molecule has 1 N–H and O–H groups in total. The van der Waals surface area contributed by atoms with Crippen molar-refractivity contribution in [2.45, 2.75) is 51.2 Å². The van der Waals surface area contributed by atoms with Crippen molar-refractivity contribution in [2.24, 2.45) is 0 Å². The summed E-state index contributed by atoms with van der Waals surface area (Å²) in [5.74, 6) is 0.115. The molecule has 4 heterocycles. The number of rotatable bonds is 10. The molecule has 1 atom stereocenters. The third-order valence-electron chi connectivity index (χ3n) is 7.54. The Labute approximate surface area is 241 Å². The van der Waals surface area contributed by atoms with E-state index in [2.05, 4.69) is 19.4 Å². The van der Waals surface area contributed by atoms with Gasteiger partial charge in [0.1, 0.15) is 18.5 Å². The van der Waals surface area contributed by atoms with Gasteiger partial charge in [0.05, 0.1) is 47.4 Å². The highest BCUT2D eigenvalue weighted by Crippen LogP contribution is 2.25. The van der Waals surface area contributed by atoms with Gasteiger partial charge in [0.2, 0.25) is 5.88 Å². The van der Waals surface area contributed by atoms with Crippen LogP contribution in [0.2, 0.25) is 0 Å². The molecular weight excluding hydrogens is 543 g/mol. The Morgan fingerprint density at radius 3 is 2.69 bits per heavy atom. The lowest BCUT2D eigenvalue weighted by Gasteiger charge is -2.32. The molecule has 2 aliphatic rings. The Kier molecular flexibility index (Phi) is 7.94. The van der Waals surface area contributed by atoms with Crippen LogP contribution in [0.5, 0.6) is 11.6 Å². The fourth-order valence-corrected chi connectivity index (χ4v) is 5.16. The molecule has 0 bridgehead atoms. The minimum atomic E-state index is -0.961. The number of piperidine rings is 1. The van der Waals surface area contributed by atoms with E-state index in [0.29, 0.717) is 24.8 Å². The first kappa shape index (κ1) is 27.6. The van der Waals surface area contributed by atoms with E-state index in [1.807, 2.05) is 6.07 Å². The molecular formula is C30H29FN6O5. The van der Waals surface area contributed by atoms with Crippen molar-refractivity contribution in [3.8, 4) is 17.7 Å². The molecule has 0 radical (unpaired) electrons. The smallest absolute Gasteiger partial charge is 0.335 e. The molecule has 4 aromatic rings. The average molecular weight is 573 g/mol. The van der Waals surface area contributed by atoms with Crippen LogP contribution >= 0.6 is 0 Å². The van der Waals surface area contributed by atoms with Gasteiger partial charge in [0.15, 0.2) is 17.4 Å². The third-order valence-corrected chi connectivity index (χ3v) is 7.54. The zero-order valence-corrected chi connectivity index (χ0v) is 22.8. The first-order valence-electron chi connectivity index (χ1n) is 13.8. The minimum Gasteiger partial charge on any atom is -0.483 e. The summed E-state index contributed by atoms with van der Waals surface area (Å²) in [5.41, 5.74) is 2.04. The number of nitriles is 1. The Hall–Kier alpha value is -4.60. The van der Waals surface area contributed by atoms with Gasteiger partial charge in [0, 0.05) is 32.0 Å². The number of aromatic carboxylic acids is 1. The second kappa shape index (κ2) is 12.1. The summed E-state index contributed by atoms with van der Waals surface area (Å²) in [5, 5.41) is 18.4. The third kappa shape index (κ3) is 6.17. The summed E-state index contributed by atoms with van der Waals surface area (Å²) in [6.07, 6.45) is 4.23. The Morgan fingerprint density at radius 2 is 1.98 bits per heavy atom. The molecule has 2 aliphatic heterocycles. The average Bonchev–Trinajstić information content (AvgIpc) is 3.31. The number of hydrogen-bond acceptors (Lipinski definition) is 9. The topological polar surface area (TPSA) is 136 Å². The van der Waals surface area contributed by atoms with Gasteiger partial charge in [-0.1, -0.05) is 0 Å². The monoisotopic (exact) mass is 572 g/mol. The molecule has 6 rings (SSSR count). The number of imidazole rings is 1. The molecule has 2 saturated heterocycles. The van der Waals surface area contributed by atoms with E-state index < -0.39 is 11.8 Å². The maximum absolute atomic E-state index is 14.1. The number of likely N-dealkylation sites (tertiary alicyclic amines) is 1. The number of benzene rings is 2. The van der Waals surface area contributed by atoms with Gasteiger partial charge in [-0.25, -0.2) is 19.2 Å². The van der Waals surface area contributed by atoms with Crippen LogP contribution < -0.4 is 9.47 Å². The number of carboxylic acid groups (broad SMARTS) is 1. The van der Waals surface area contributed by atoms with Crippen molar-refractivity contribution < 1.29 is 28.5 Å². The first-order chi connectivity index (χ1) is 20.4. The number of aromatic nitrogens is 4. The Balaban J connectivity index is 1.06. The lowest BCUT2D eigenvalue weighted by molar-refractivity contribution is -0.0592. The Morgan fingerprint density at radius 1 is 1.14 bits per heavy atom. The van der Waals surface area contributed by atoms with Crippen LogP contribution in [0.4, 0.5) is 4.39 Å². The molecule has 216 valence electrons. The van der Waals surface area contributed by atoms with Gasteiger partial charge in [-0.3, -0.25) is 4.90 Å². The fraction of sp³-hybridized carbons (Fsp3) is 0.367. The van der Waals surface area contributed by atoms with Crippen molar-refractivity contribution in [1.82, 2.24) is 24.4 Å². The van der Waals surface area contributed by atoms with Crippen LogP contribution in [0, 0.1) is 17.1 Å². The molecule has 0 amide bonds. The molecule has 0 aliphatic carbocycles. The number of halogens is 1. The molecule has 2 aromatic carbocycles. The SMILES string of the molecule is N#Cc1ccc(OCc2nccc(OC3CCN(Cc4nc5ccc(C(=O)O)cc5n4CC4CCO4)CC3)n2)c(F)c1. The predicted molar refractivity (Wildman–Crippen MR) is 147 cm³/mol. The summed E-state index contributed by atoms with van der Waals surface area (Å²) in [4.78, 5) is 27.3. The summed E-state index contributed by atoms with van der Waals surface area (Å²) >= 11 is 0. The molecule has 42 heavy (non-hydrogen) atoms. The number of nitrogens with zero attached hydrogens (tertiary/aromatic N) is 6. The van der Waals surface area contributed by atoms with Gasteiger partial charge in [0.25, 0.3) is 0 Å². The van der Waals surface area contributed by atoms with Crippen LogP contribution in [0.3, 0.4) is 0 Å². The zero-order valence-electron chi connectivity index (χ0n) is 22.8. The first-order valence-corrected chi connectivity index (χ1v) is 13.8. The highest BCUT2D eigenvalue weighted by molar-refractivity contribution is 5.92. The van der Waals surface area contributed by atoms with E-state index in [1.54, 1.807) is 30.5 Å².